The van der Waals surface area contributed by atoms with Crippen LogP contribution in [0.3, 0.4) is 0 Å². The molecule has 0 aromatic rings. The lowest BCUT2D eigenvalue weighted by Crippen LogP contribution is -2.67. The zero-order chi connectivity index (χ0) is 37.0. The molecule has 0 N–H and O–H groups in total. The Bertz CT molecular complexity index is 1440. The maximum atomic E-state index is 13.6. The number of ether oxygens (including phenoxy) is 2. The van der Waals surface area contributed by atoms with Crippen molar-refractivity contribution < 1.29 is 19.1 Å². The van der Waals surface area contributed by atoms with Crippen LogP contribution >= 0.6 is 0 Å². The molecule has 0 spiro atoms. The SMILES string of the molecule is C=C(C)[C@@H]1CC[C@]2(COC(=O)C3C(C)(C)C3(C)C)CC[C@]3(C)[C@H](CC[C@@H]4[C@@]5(C)CC[C@H](OC(=O)C6C(C)(C)C6(C)C)C(C)(C)[C@@H]5CC[C@]43C)[C@@H]12. The third kappa shape index (κ3) is 4.47. The molecule has 4 heteroatoms. The first-order valence-corrected chi connectivity index (χ1v) is 20.8. The molecular formula is C46H74O4. The van der Waals surface area contributed by atoms with Gasteiger partial charge in [-0.05, 0) is 139 Å². The van der Waals surface area contributed by atoms with Crippen molar-refractivity contribution in [1.29, 1.82) is 0 Å². The summed E-state index contributed by atoms with van der Waals surface area (Å²) in [4.78, 5) is 27.2. The summed E-state index contributed by atoms with van der Waals surface area (Å²) in [5.74, 6) is 2.98. The number of allylic oxidation sites excluding steroid dienone is 1. The van der Waals surface area contributed by atoms with E-state index >= 15 is 0 Å². The molecule has 7 aliphatic carbocycles. The molecule has 0 aliphatic heterocycles. The van der Waals surface area contributed by atoms with Crippen LogP contribution in [0.25, 0.3) is 0 Å². The van der Waals surface area contributed by atoms with Crippen LogP contribution in [0.4, 0.5) is 0 Å². The number of hydrogen-bond donors (Lipinski definition) is 0. The molecule has 0 radical (unpaired) electrons. The van der Waals surface area contributed by atoms with Crippen molar-refractivity contribution in [1.82, 2.24) is 0 Å². The lowest BCUT2D eigenvalue weighted by atomic mass is 9.32. The molecule has 0 saturated heterocycles. The number of carbonyl (C=O) groups is 2. The van der Waals surface area contributed by atoms with E-state index in [-0.39, 0.29) is 78.6 Å². The molecule has 7 aliphatic rings. The smallest absolute Gasteiger partial charge is 0.310 e. The van der Waals surface area contributed by atoms with Crippen molar-refractivity contribution in [2.75, 3.05) is 6.61 Å². The Morgan fingerprint density at radius 1 is 0.620 bits per heavy atom. The van der Waals surface area contributed by atoms with Gasteiger partial charge in [0.05, 0.1) is 18.4 Å². The minimum Gasteiger partial charge on any atom is -0.465 e. The second-order valence-corrected chi connectivity index (χ2v) is 23.2. The van der Waals surface area contributed by atoms with Gasteiger partial charge >= 0.3 is 11.9 Å². The van der Waals surface area contributed by atoms with Crippen LogP contribution in [0, 0.1) is 90.2 Å². The van der Waals surface area contributed by atoms with Gasteiger partial charge in [0.2, 0.25) is 0 Å². The molecule has 50 heavy (non-hydrogen) atoms. The number of rotatable bonds is 6. The Hall–Kier alpha value is -1.32. The quantitative estimate of drug-likeness (QED) is 0.206. The molecule has 7 fully saturated rings. The molecule has 0 bridgehead atoms. The van der Waals surface area contributed by atoms with E-state index in [0.717, 1.165) is 19.3 Å². The monoisotopic (exact) mass is 691 g/mol. The average molecular weight is 691 g/mol. The fourth-order valence-corrected chi connectivity index (χ4v) is 15.8. The van der Waals surface area contributed by atoms with Gasteiger partial charge in [0.1, 0.15) is 6.10 Å². The van der Waals surface area contributed by atoms with Gasteiger partial charge in [-0.2, -0.15) is 0 Å². The van der Waals surface area contributed by atoms with Gasteiger partial charge in [-0.15, -0.1) is 0 Å². The van der Waals surface area contributed by atoms with Crippen LogP contribution in [0.5, 0.6) is 0 Å². The number of esters is 2. The van der Waals surface area contributed by atoms with E-state index in [9.17, 15) is 9.59 Å². The van der Waals surface area contributed by atoms with Gasteiger partial charge < -0.3 is 9.47 Å². The summed E-state index contributed by atoms with van der Waals surface area (Å²) < 4.78 is 13.0. The highest BCUT2D eigenvalue weighted by molar-refractivity contribution is 5.79. The van der Waals surface area contributed by atoms with Crippen molar-refractivity contribution in [2.45, 2.75) is 167 Å². The summed E-state index contributed by atoms with van der Waals surface area (Å²) in [5, 5.41) is 0. The number of hydrogen-bond acceptors (Lipinski definition) is 4. The Labute approximate surface area is 306 Å². The van der Waals surface area contributed by atoms with Crippen LogP contribution in [-0.4, -0.2) is 24.6 Å². The first-order chi connectivity index (χ1) is 22.8. The van der Waals surface area contributed by atoms with Gasteiger partial charge in [-0.3, -0.25) is 9.59 Å². The van der Waals surface area contributed by atoms with E-state index in [2.05, 4.69) is 104 Å². The fraction of sp³-hybridized carbons (Fsp3) is 0.913. The van der Waals surface area contributed by atoms with E-state index in [1.807, 2.05) is 0 Å². The molecular weight excluding hydrogens is 617 g/mol. The second kappa shape index (κ2) is 10.7. The third-order valence-corrected chi connectivity index (χ3v) is 20.5. The number of carbonyl (C=O) groups excluding carboxylic acids is 2. The molecule has 0 aromatic heterocycles. The molecule has 7 saturated carbocycles. The van der Waals surface area contributed by atoms with Crippen LogP contribution < -0.4 is 0 Å². The summed E-state index contributed by atoms with van der Waals surface area (Å²) in [6.45, 7) is 38.2. The standard InChI is InChI=1S/C46H74O4/c1-27(2)28-18-23-46(26-49-36(47)34-39(5,6)40(34,7)8)25-24-44(14)29(33(28)46)16-17-31-43(13)21-20-32(38(3,4)30(43)19-22-45(31,44)15)50-37(48)35-41(9,10)42(35,11)12/h28-35H,1,16-26H2,2-15H3/t28-,29+,30-,31+,32-,33+,43-,44+,45+,46+/m0/s1. The van der Waals surface area contributed by atoms with Crippen molar-refractivity contribution in [3.8, 4) is 0 Å². The summed E-state index contributed by atoms with van der Waals surface area (Å²) in [7, 11) is 0. The van der Waals surface area contributed by atoms with E-state index in [1.54, 1.807) is 0 Å². The number of fused-ring (bicyclic) bond motifs is 7. The Morgan fingerprint density at radius 3 is 1.76 bits per heavy atom. The van der Waals surface area contributed by atoms with Gasteiger partial charge in [0.25, 0.3) is 0 Å². The highest BCUT2D eigenvalue weighted by atomic mass is 16.5. The third-order valence-electron chi connectivity index (χ3n) is 20.5. The lowest BCUT2D eigenvalue weighted by molar-refractivity contribution is -0.252. The molecule has 7 rings (SSSR count). The molecule has 0 unspecified atom stereocenters. The summed E-state index contributed by atoms with van der Waals surface area (Å²) >= 11 is 0. The first-order valence-electron chi connectivity index (χ1n) is 20.8. The lowest BCUT2D eigenvalue weighted by Gasteiger charge is -2.73. The van der Waals surface area contributed by atoms with Crippen LogP contribution in [0.1, 0.15) is 161 Å². The average Bonchev–Trinajstić information content (AvgIpc) is 3.44. The van der Waals surface area contributed by atoms with Crippen molar-refractivity contribution in [2.24, 2.45) is 90.2 Å². The topological polar surface area (TPSA) is 52.6 Å². The zero-order valence-corrected chi connectivity index (χ0v) is 34.7. The normalized spacial score (nSPS) is 47.5. The molecule has 10 atom stereocenters. The van der Waals surface area contributed by atoms with E-state index in [0.29, 0.717) is 36.2 Å². The minimum absolute atomic E-state index is 0.00224. The van der Waals surface area contributed by atoms with Crippen LogP contribution in [0.2, 0.25) is 0 Å². The van der Waals surface area contributed by atoms with E-state index in [4.69, 9.17) is 9.47 Å². The minimum atomic E-state index is -0.0439. The van der Waals surface area contributed by atoms with Gasteiger partial charge in [0.15, 0.2) is 0 Å². The predicted molar refractivity (Wildman–Crippen MR) is 202 cm³/mol. The van der Waals surface area contributed by atoms with Crippen LogP contribution in [0.15, 0.2) is 12.2 Å². The molecule has 282 valence electrons. The highest BCUT2D eigenvalue weighted by Crippen LogP contribution is 2.78. The first kappa shape index (κ1) is 37.0. The van der Waals surface area contributed by atoms with E-state index in [1.165, 1.54) is 50.5 Å². The Balaban J connectivity index is 1.13. The second-order valence-electron chi connectivity index (χ2n) is 23.2. The molecule has 0 heterocycles. The van der Waals surface area contributed by atoms with Crippen LogP contribution in [-0.2, 0) is 19.1 Å². The van der Waals surface area contributed by atoms with Gasteiger partial charge in [-0.1, -0.05) is 102 Å². The fourth-order valence-electron chi connectivity index (χ4n) is 15.8. The van der Waals surface area contributed by atoms with Crippen molar-refractivity contribution in [3.63, 3.8) is 0 Å². The van der Waals surface area contributed by atoms with Gasteiger partial charge in [0, 0.05) is 10.8 Å². The van der Waals surface area contributed by atoms with E-state index < -0.39 is 0 Å². The zero-order valence-electron chi connectivity index (χ0n) is 34.7. The molecule has 0 aromatic carbocycles. The summed E-state index contributed by atoms with van der Waals surface area (Å²) in [6, 6.07) is 0. The maximum absolute atomic E-state index is 13.6. The molecule has 0 amide bonds. The Morgan fingerprint density at radius 2 is 1.20 bits per heavy atom. The van der Waals surface area contributed by atoms with Gasteiger partial charge in [-0.25, -0.2) is 0 Å². The molecule has 4 nitrogen and oxygen atoms in total. The maximum Gasteiger partial charge on any atom is 0.310 e. The van der Waals surface area contributed by atoms with Crippen molar-refractivity contribution in [3.05, 3.63) is 12.2 Å². The summed E-state index contributed by atoms with van der Waals surface area (Å²) in [5.41, 5.74) is 2.14. The predicted octanol–water partition coefficient (Wildman–Crippen LogP) is 11.5. The highest BCUT2D eigenvalue weighted by Gasteiger charge is 2.73. The largest absolute Gasteiger partial charge is 0.465 e. The Kier molecular flexibility index (Phi) is 7.90. The van der Waals surface area contributed by atoms with Crippen molar-refractivity contribution >= 4 is 11.9 Å². The summed E-state index contributed by atoms with van der Waals surface area (Å²) in [6.07, 6.45) is 11.9.